The van der Waals surface area contributed by atoms with E-state index in [2.05, 4.69) is 0 Å². The summed E-state index contributed by atoms with van der Waals surface area (Å²) < 4.78 is 4.99. The molecule has 92 valence electrons. The van der Waals surface area contributed by atoms with Crippen LogP contribution in [0.15, 0.2) is 24.3 Å². The zero-order chi connectivity index (χ0) is 12.8. The molecule has 0 heterocycles. The zero-order valence-corrected chi connectivity index (χ0v) is 9.42. The van der Waals surface area contributed by atoms with Gasteiger partial charge in [0, 0.05) is 12.0 Å². The van der Waals surface area contributed by atoms with E-state index >= 15 is 0 Å². The minimum atomic E-state index is -1.69. The van der Waals surface area contributed by atoms with E-state index in [4.69, 9.17) is 9.84 Å². The van der Waals surface area contributed by atoms with Crippen molar-refractivity contribution in [1.29, 1.82) is 0 Å². The third-order valence-electron chi connectivity index (χ3n) is 2.13. The molecular formula is C12H14O5. The van der Waals surface area contributed by atoms with Crippen LogP contribution in [0.3, 0.4) is 0 Å². The number of carboxylic acid groups (broad SMARTS) is 1. The lowest BCUT2D eigenvalue weighted by Gasteiger charge is -2.11. The Kier molecular flexibility index (Phi) is 4.66. The molecule has 1 atom stereocenters. The summed E-state index contributed by atoms with van der Waals surface area (Å²) >= 11 is 0. The highest BCUT2D eigenvalue weighted by Crippen LogP contribution is 2.25. The molecule has 0 bridgehead atoms. The Morgan fingerprint density at radius 2 is 2.00 bits per heavy atom. The molecule has 0 aliphatic heterocycles. The van der Waals surface area contributed by atoms with Crippen LogP contribution in [0.4, 0.5) is 0 Å². The second-order valence-electron chi connectivity index (χ2n) is 3.50. The van der Waals surface area contributed by atoms with Crippen LogP contribution < -0.4 is 4.74 Å². The Balaban J connectivity index is 2.92. The molecule has 0 amide bonds. The van der Waals surface area contributed by atoms with E-state index in [1.165, 1.54) is 12.1 Å². The predicted molar refractivity (Wildman–Crippen MR) is 59.6 cm³/mol. The largest absolute Gasteiger partial charge is 0.479 e. The van der Waals surface area contributed by atoms with Gasteiger partial charge in [-0.1, -0.05) is 25.1 Å². The summed E-state index contributed by atoms with van der Waals surface area (Å²) in [5.74, 6) is -1.75. The van der Waals surface area contributed by atoms with E-state index in [1.807, 2.05) is 6.92 Å². The molecule has 0 radical (unpaired) electrons. The fourth-order valence-electron chi connectivity index (χ4n) is 1.31. The average molecular weight is 238 g/mol. The second-order valence-corrected chi connectivity index (χ2v) is 3.50. The summed E-state index contributed by atoms with van der Waals surface area (Å²) in [6, 6.07) is 6.04. The fourth-order valence-corrected chi connectivity index (χ4v) is 1.31. The molecule has 0 fully saturated rings. The van der Waals surface area contributed by atoms with Crippen molar-refractivity contribution in [2.45, 2.75) is 25.9 Å². The molecule has 0 aromatic heterocycles. The van der Waals surface area contributed by atoms with Gasteiger partial charge in [-0.3, -0.25) is 4.79 Å². The Hall–Kier alpha value is -1.88. The molecule has 1 aromatic rings. The van der Waals surface area contributed by atoms with E-state index in [1.54, 1.807) is 12.1 Å². The molecule has 0 spiro atoms. The number of hydrogen-bond donors (Lipinski definition) is 2. The zero-order valence-electron chi connectivity index (χ0n) is 9.42. The smallest absolute Gasteiger partial charge is 0.337 e. The number of aliphatic carboxylic acids is 1. The lowest BCUT2D eigenvalue weighted by atomic mass is 10.1. The Labute approximate surface area is 98.6 Å². The maximum absolute atomic E-state index is 11.3. The lowest BCUT2D eigenvalue weighted by molar-refractivity contribution is -0.147. The van der Waals surface area contributed by atoms with Gasteiger partial charge >= 0.3 is 11.9 Å². The standard InChI is InChI=1S/C12H14O5/c1-2-5-10(13)17-9-7-4-3-6-8(9)11(14)12(15)16/h3-4,6-7,11,14H,2,5H2,1H3,(H,15,16). The van der Waals surface area contributed by atoms with Crippen molar-refractivity contribution in [3.63, 3.8) is 0 Å². The Morgan fingerprint density at radius 1 is 1.35 bits per heavy atom. The highest BCUT2D eigenvalue weighted by atomic mass is 16.5. The number of esters is 1. The van der Waals surface area contributed by atoms with Crippen LogP contribution >= 0.6 is 0 Å². The quantitative estimate of drug-likeness (QED) is 0.600. The maximum atomic E-state index is 11.3. The van der Waals surface area contributed by atoms with Gasteiger partial charge in [0.15, 0.2) is 6.10 Å². The first-order valence-corrected chi connectivity index (χ1v) is 5.26. The third kappa shape index (κ3) is 3.57. The fraction of sp³-hybridized carbons (Fsp3) is 0.333. The van der Waals surface area contributed by atoms with Crippen molar-refractivity contribution in [2.24, 2.45) is 0 Å². The summed E-state index contributed by atoms with van der Waals surface area (Å²) in [6.45, 7) is 1.83. The average Bonchev–Trinajstić information content (AvgIpc) is 2.29. The van der Waals surface area contributed by atoms with Gasteiger partial charge in [-0.05, 0) is 12.5 Å². The topological polar surface area (TPSA) is 83.8 Å². The normalized spacial score (nSPS) is 11.9. The molecule has 17 heavy (non-hydrogen) atoms. The number of carbonyl (C=O) groups is 2. The van der Waals surface area contributed by atoms with E-state index in [-0.39, 0.29) is 17.7 Å². The first kappa shape index (κ1) is 13.2. The number of benzene rings is 1. The highest BCUT2D eigenvalue weighted by Gasteiger charge is 2.21. The van der Waals surface area contributed by atoms with Crippen molar-refractivity contribution in [3.05, 3.63) is 29.8 Å². The number of rotatable bonds is 5. The number of hydrogen-bond acceptors (Lipinski definition) is 4. The van der Waals surface area contributed by atoms with Gasteiger partial charge in [0.25, 0.3) is 0 Å². The van der Waals surface area contributed by atoms with Crippen LogP contribution in [-0.4, -0.2) is 22.2 Å². The molecule has 1 aromatic carbocycles. The van der Waals surface area contributed by atoms with Crippen molar-refractivity contribution in [1.82, 2.24) is 0 Å². The summed E-state index contributed by atoms with van der Waals surface area (Å²) in [7, 11) is 0. The highest BCUT2D eigenvalue weighted by molar-refractivity contribution is 5.77. The molecule has 2 N–H and O–H groups in total. The van der Waals surface area contributed by atoms with Crippen molar-refractivity contribution in [3.8, 4) is 5.75 Å². The number of para-hydroxylation sites is 1. The summed E-state index contributed by atoms with van der Waals surface area (Å²) in [4.78, 5) is 22.0. The molecular weight excluding hydrogens is 224 g/mol. The second kappa shape index (κ2) is 6.00. The Bertz CT molecular complexity index is 413. The molecule has 1 rings (SSSR count). The van der Waals surface area contributed by atoms with E-state index in [0.717, 1.165) is 0 Å². The van der Waals surface area contributed by atoms with Crippen molar-refractivity contribution < 1.29 is 24.5 Å². The van der Waals surface area contributed by atoms with E-state index in [9.17, 15) is 14.7 Å². The molecule has 1 unspecified atom stereocenters. The van der Waals surface area contributed by atoms with Crippen molar-refractivity contribution >= 4 is 11.9 Å². The van der Waals surface area contributed by atoms with Gasteiger partial charge in [-0.15, -0.1) is 0 Å². The SMILES string of the molecule is CCCC(=O)Oc1ccccc1C(O)C(=O)O. The lowest BCUT2D eigenvalue weighted by Crippen LogP contribution is -2.14. The number of ether oxygens (including phenoxy) is 1. The van der Waals surface area contributed by atoms with E-state index in [0.29, 0.717) is 6.42 Å². The number of carbonyl (C=O) groups excluding carboxylic acids is 1. The van der Waals surface area contributed by atoms with Crippen LogP contribution in [0, 0.1) is 0 Å². The van der Waals surface area contributed by atoms with Gasteiger partial charge < -0.3 is 14.9 Å². The molecule has 0 saturated carbocycles. The first-order chi connectivity index (χ1) is 8.06. The first-order valence-electron chi connectivity index (χ1n) is 5.26. The summed E-state index contributed by atoms with van der Waals surface area (Å²) in [5.41, 5.74) is 0.0736. The van der Waals surface area contributed by atoms with Gasteiger partial charge in [0.05, 0.1) is 0 Å². The van der Waals surface area contributed by atoms with Gasteiger partial charge in [-0.25, -0.2) is 4.79 Å². The predicted octanol–water partition coefficient (Wildman–Crippen LogP) is 1.51. The minimum absolute atomic E-state index is 0.0736. The number of aliphatic hydroxyl groups is 1. The summed E-state index contributed by atoms with van der Waals surface area (Å²) in [6.07, 6.45) is -0.805. The van der Waals surface area contributed by atoms with Crippen LogP contribution in [0.25, 0.3) is 0 Å². The van der Waals surface area contributed by atoms with Crippen LogP contribution in [0.1, 0.15) is 31.4 Å². The molecule has 0 aliphatic rings. The van der Waals surface area contributed by atoms with Gasteiger partial charge in [0.1, 0.15) is 5.75 Å². The minimum Gasteiger partial charge on any atom is -0.479 e. The van der Waals surface area contributed by atoms with E-state index < -0.39 is 18.0 Å². The summed E-state index contributed by atoms with van der Waals surface area (Å²) in [5, 5.41) is 18.1. The molecule has 0 aliphatic carbocycles. The van der Waals surface area contributed by atoms with Gasteiger partial charge in [-0.2, -0.15) is 0 Å². The van der Waals surface area contributed by atoms with Crippen molar-refractivity contribution in [2.75, 3.05) is 0 Å². The van der Waals surface area contributed by atoms with Crippen LogP contribution in [0.2, 0.25) is 0 Å². The number of aliphatic hydroxyl groups excluding tert-OH is 1. The molecule has 5 heteroatoms. The van der Waals surface area contributed by atoms with Crippen LogP contribution in [0.5, 0.6) is 5.75 Å². The van der Waals surface area contributed by atoms with Gasteiger partial charge in [0.2, 0.25) is 0 Å². The molecule has 0 saturated heterocycles. The maximum Gasteiger partial charge on any atom is 0.337 e. The number of carboxylic acids is 1. The third-order valence-corrected chi connectivity index (χ3v) is 2.13. The Morgan fingerprint density at radius 3 is 2.59 bits per heavy atom. The van der Waals surface area contributed by atoms with Crippen LogP contribution in [-0.2, 0) is 9.59 Å². The molecule has 5 nitrogen and oxygen atoms in total. The monoisotopic (exact) mass is 238 g/mol.